The van der Waals surface area contributed by atoms with E-state index in [0.717, 1.165) is 5.56 Å². The number of aromatic nitrogens is 1. The summed E-state index contributed by atoms with van der Waals surface area (Å²) < 4.78 is 5.07. The number of carboxylic acids is 1. The van der Waals surface area contributed by atoms with Gasteiger partial charge in [-0.3, -0.25) is 19.5 Å². The van der Waals surface area contributed by atoms with Gasteiger partial charge in [-0.1, -0.05) is 0 Å². The number of carboxylic acid groups (broad SMARTS) is 1. The second kappa shape index (κ2) is 8.92. The molecule has 1 amide bonds. The first-order chi connectivity index (χ1) is 12.0. The third kappa shape index (κ3) is 5.24. The zero-order chi connectivity index (χ0) is 18.3. The number of likely N-dealkylation sites (tertiary alicyclic amines) is 1. The number of aliphatic carboxylic acids is 1. The molecule has 1 aliphatic heterocycles. The van der Waals surface area contributed by atoms with Gasteiger partial charge in [0.2, 0.25) is 5.91 Å². The van der Waals surface area contributed by atoms with Crippen LogP contribution in [0.4, 0.5) is 0 Å². The maximum absolute atomic E-state index is 12.6. The van der Waals surface area contributed by atoms with Crippen molar-refractivity contribution in [3.05, 3.63) is 30.1 Å². The highest BCUT2D eigenvalue weighted by Crippen LogP contribution is 2.34. The summed E-state index contributed by atoms with van der Waals surface area (Å²) in [6.45, 7) is 2.17. The summed E-state index contributed by atoms with van der Waals surface area (Å²) in [5.74, 6) is -0.869. The van der Waals surface area contributed by atoms with Crippen molar-refractivity contribution in [1.82, 2.24) is 14.8 Å². The number of methoxy groups -OCH3 is 1. The lowest BCUT2D eigenvalue weighted by molar-refractivity contribution is -0.156. The van der Waals surface area contributed by atoms with Gasteiger partial charge in [0.1, 0.15) is 0 Å². The van der Waals surface area contributed by atoms with Crippen LogP contribution in [0.3, 0.4) is 0 Å². The first kappa shape index (κ1) is 19.3. The van der Waals surface area contributed by atoms with Crippen LogP contribution in [0.5, 0.6) is 0 Å². The van der Waals surface area contributed by atoms with Crippen molar-refractivity contribution in [2.75, 3.05) is 40.4 Å². The molecule has 0 saturated carbocycles. The molecular formula is C18H27N3O4. The van der Waals surface area contributed by atoms with E-state index in [1.807, 2.05) is 24.1 Å². The number of amides is 1. The third-order valence-electron chi connectivity index (χ3n) is 4.78. The minimum Gasteiger partial charge on any atom is -0.481 e. The van der Waals surface area contributed by atoms with E-state index in [4.69, 9.17) is 4.74 Å². The van der Waals surface area contributed by atoms with E-state index in [9.17, 15) is 14.7 Å². The highest BCUT2D eigenvalue weighted by atomic mass is 16.5. The smallest absolute Gasteiger partial charge is 0.311 e. The number of rotatable bonds is 8. The molecule has 0 spiro atoms. The van der Waals surface area contributed by atoms with Crippen LogP contribution in [-0.2, 0) is 20.9 Å². The summed E-state index contributed by atoms with van der Waals surface area (Å²) in [6, 6.07) is 3.84. The molecule has 1 aliphatic rings. The molecule has 138 valence electrons. The van der Waals surface area contributed by atoms with E-state index >= 15 is 0 Å². The normalized spacial score (nSPS) is 20.7. The van der Waals surface area contributed by atoms with E-state index in [-0.39, 0.29) is 19.0 Å². The zero-order valence-corrected chi connectivity index (χ0v) is 15.0. The zero-order valence-electron chi connectivity index (χ0n) is 15.0. The number of carbonyl (C=O) groups is 2. The van der Waals surface area contributed by atoms with Gasteiger partial charge in [0.25, 0.3) is 0 Å². The molecule has 0 aromatic carbocycles. The van der Waals surface area contributed by atoms with Crippen molar-refractivity contribution in [3.63, 3.8) is 0 Å². The number of hydrogen-bond donors (Lipinski definition) is 1. The maximum atomic E-state index is 12.6. The lowest BCUT2D eigenvalue weighted by atomic mass is 9.77. The summed E-state index contributed by atoms with van der Waals surface area (Å²) in [6.07, 6.45) is 5.17. The van der Waals surface area contributed by atoms with E-state index in [0.29, 0.717) is 39.0 Å². The van der Waals surface area contributed by atoms with Crippen LogP contribution in [-0.4, -0.2) is 72.2 Å². The van der Waals surface area contributed by atoms with Crippen LogP contribution >= 0.6 is 0 Å². The second-order valence-corrected chi connectivity index (χ2v) is 6.77. The van der Waals surface area contributed by atoms with Crippen LogP contribution < -0.4 is 0 Å². The Balaban J connectivity index is 1.95. The second-order valence-electron chi connectivity index (χ2n) is 6.77. The largest absolute Gasteiger partial charge is 0.481 e. The lowest BCUT2D eigenvalue weighted by Crippen LogP contribution is -2.52. The molecule has 0 aliphatic carbocycles. The first-order valence-electron chi connectivity index (χ1n) is 8.54. The van der Waals surface area contributed by atoms with E-state index < -0.39 is 11.4 Å². The molecule has 0 bridgehead atoms. The van der Waals surface area contributed by atoms with Crippen LogP contribution in [0.15, 0.2) is 24.5 Å². The molecule has 1 N–H and O–H groups in total. The Morgan fingerprint density at radius 1 is 1.40 bits per heavy atom. The predicted molar refractivity (Wildman–Crippen MR) is 92.9 cm³/mol. The minimum absolute atomic E-state index is 0.0284. The summed E-state index contributed by atoms with van der Waals surface area (Å²) in [4.78, 5) is 32.0. The number of carbonyl (C=O) groups excluding carboxylic acids is 1. The van der Waals surface area contributed by atoms with E-state index in [1.54, 1.807) is 24.4 Å². The SMILES string of the molecule is COCCC1(C(=O)O)CCCN(C(=O)CN(C)Cc2ccncc2)C1. The fraction of sp³-hybridized carbons (Fsp3) is 0.611. The van der Waals surface area contributed by atoms with Crippen molar-refractivity contribution in [1.29, 1.82) is 0 Å². The van der Waals surface area contributed by atoms with Crippen LogP contribution in [0, 0.1) is 5.41 Å². The molecular weight excluding hydrogens is 322 g/mol. The van der Waals surface area contributed by atoms with Gasteiger partial charge < -0.3 is 14.7 Å². The first-order valence-corrected chi connectivity index (χ1v) is 8.54. The molecule has 1 fully saturated rings. The summed E-state index contributed by atoms with van der Waals surface area (Å²) in [5.41, 5.74) is 0.192. The number of piperidine rings is 1. The molecule has 7 nitrogen and oxygen atoms in total. The Hall–Kier alpha value is -1.99. The van der Waals surface area contributed by atoms with Gasteiger partial charge in [-0.05, 0) is 44.0 Å². The fourth-order valence-electron chi connectivity index (χ4n) is 3.31. The topological polar surface area (TPSA) is 83.0 Å². The average molecular weight is 349 g/mol. The quantitative estimate of drug-likeness (QED) is 0.760. The molecule has 1 aromatic heterocycles. The van der Waals surface area contributed by atoms with Crippen molar-refractivity contribution in [3.8, 4) is 0 Å². The van der Waals surface area contributed by atoms with Gasteiger partial charge in [0.05, 0.1) is 12.0 Å². The number of nitrogens with zero attached hydrogens (tertiary/aromatic N) is 3. The van der Waals surface area contributed by atoms with Crippen molar-refractivity contribution in [2.45, 2.75) is 25.8 Å². The molecule has 25 heavy (non-hydrogen) atoms. The average Bonchev–Trinajstić information content (AvgIpc) is 2.60. The Bertz CT molecular complexity index is 581. The molecule has 7 heteroatoms. The molecule has 2 heterocycles. The van der Waals surface area contributed by atoms with Gasteiger partial charge in [-0.2, -0.15) is 0 Å². The standard InChI is InChI=1S/C18H27N3O4/c1-20(12-15-4-8-19-9-5-15)13-16(22)21-10-3-6-18(14-21,17(23)24)7-11-25-2/h4-5,8-9H,3,6-7,10-14H2,1-2H3,(H,23,24). The molecule has 2 rings (SSSR count). The summed E-state index contributed by atoms with van der Waals surface area (Å²) in [5, 5.41) is 9.68. The monoisotopic (exact) mass is 349 g/mol. The Morgan fingerprint density at radius 2 is 2.12 bits per heavy atom. The summed E-state index contributed by atoms with van der Waals surface area (Å²) >= 11 is 0. The maximum Gasteiger partial charge on any atom is 0.311 e. The number of ether oxygens (including phenoxy) is 1. The molecule has 1 saturated heterocycles. The van der Waals surface area contributed by atoms with E-state index in [2.05, 4.69) is 4.98 Å². The van der Waals surface area contributed by atoms with Crippen LogP contribution in [0.25, 0.3) is 0 Å². The van der Waals surface area contributed by atoms with E-state index in [1.165, 1.54) is 0 Å². The Kier molecular flexibility index (Phi) is 6.90. The fourth-order valence-corrected chi connectivity index (χ4v) is 3.31. The molecule has 1 unspecified atom stereocenters. The number of pyridine rings is 1. The molecule has 1 aromatic rings. The van der Waals surface area contributed by atoms with Crippen molar-refractivity contribution < 1.29 is 19.4 Å². The van der Waals surface area contributed by atoms with Gasteiger partial charge in [-0.25, -0.2) is 0 Å². The predicted octanol–water partition coefficient (Wildman–Crippen LogP) is 1.24. The van der Waals surface area contributed by atoms with Crippen LogP contribution in [0.1, 0.15) is 24.8 Å². The number of hydrogen-bond acceptors (Lipinski definition) is 5. The summed E-state index contributed by atoms with van der Waals surface area (Å²) in [7, 11) is 3.45. The van der Waals surface area contributed by atoms with Gasteiger partial charge in [0, 0.05) is 45.7 Å². The molecule has 0 radical (unpaired) electrons. The molecule has 1 atom stereocenters. The van der Waals surface area contributed by atoms with Crippen molar-refractivity contribution in [2.24, 2.45) is 5.41 Å². The Labute approximate surface area is 148 Å². The highest BCUT2D eigenvalue weighted by molar-refractivity contribution is 5.81. The van der Waals surface area contributed by atoms with Gasteiger partial charge >= 0.3 is 5.97 Å². The number of likely N-dealkylation sites (N-methyl/N-ethyl adjacent to an activating group) is 1. The van der Waals surface area contributed by atoms with Gasteiger partial charge in [0.15, 0.2) is 0 Å². The lowest BCUT2D eigenvalue weighted by Gasteiger charge is -2.40. The Morgan fingerprint density at radius 3 is 2.76 bits per heavy atom. The third-order valence-corrected chi connectivity index (χ3v) is 4.78. The van der Waals surface area contributed by atoms with Crippen molar-refractivity contribution >= 4 is 11.9 Å². The highest BCUT2D eigenvalue weighted by Gasteiger charge is 2.43. The minimum atomic E-state index is -0.895. The van der Waals surface area contributed by atoms with Crippen LogP contribution in [0.2, 0.25) is 0 Å². The van der Waals surface area contributed by atoms with Gasteiger partial charge in [-0.15, -0.1) is 0 Å².